The van der Waals surface area contributed by atoms with Crippen LogP contribution in [0.1, 0.15) is 27.2 Å². The normalized spacial score (nSPS) is 13.0. The Morgan fingerprint density at radius 1 is 1.12 bits per heavy atom. The van der Waals surface area contributed by atoms with E-state index in [1.807, 2.05) is 20.8 Å². The molecule has 6 heteroatoms. The fourth-order valence-corrected chi connectivity index (χ4v) is 1.54. The van der Waals surface area contributed by atoms with Crippen molar-refractivity contribution in [2.45, 2.75) is 32.8 Å². The average Bonchev–Trinajstić information content (AvgIpc) is 2.06. The first kappa shape index (κ1) is 15.8. The van der Waals surface area contributed by atoms with E-state index in [1.165, 1.54) is 0 Å². The van der Waals surface area contributed by atoms with Gasteiger partial charge < -0.3 is 10.1 Å². The first-order valence-corrected chi connectivity index (χ1v) is 7.39. The summed E-state index contributed by atoms with van der Waals surface area (Å²) in [5, 5.41) is 3.18. The van der Waals surface area contributed by atoms with Crippen LogP contribution in [0.3, 0.4) is 0 Å². The molecule has 0 fully saturated rings. The fourth-order valence-electron chi connectivity index (χ4n) is 1.03. The molecule has 0 aliphatic rings. The zero-order valence-corrected chi connectivity index (χ0v) is 11.5. The molecular formula is C10H24N2O3S. The van der Waals surface area contributed by atoms with Crippen molar-refractivity contribution in [1.29, 1.82) is 0 Å². The highest BCUT2D eigenvalue weighted by molar-refractivity contribution is 7.88. The minimum absolute atomic E-state index is 0.0977. The smallest absolute Gasteiger partial charge is 0.208 e. The molecule has 0 aromatic rings. The standard InChI is InChI=1S/C10H24N2O3S/c1-10(2,3)15-9-8-11-6-5-7-12-16(4,13)14/h11-12H,5-9H2,1-4H3. The third kappa shape index (κ3) is 13.8. The Morgan fingerprint density at radius 2 is 1.75 bits per heavy atom. The summed E-state index contributed by atoms with van der Waals surface area (Å²) in [6.45, 7) is 8.77. The molecule has 0 heterocycles. The summed E-state index contributed by atoms with van der Waals surface area (Å²) in [4.78, 5) is 0. The molecule has 0 atom stereocenters. The topological polar surface area (TPSA) is 67.4 Å². The van der Waals surface area contributed by atoms with Gasteiger partial charge in [0, 0.05) is 13.1 Å². The predicted molar refractivity (Wildman–Crippen MR) is 66.0 cm³/mol. The van der Waals surface area contributed by atoms with Crippen molar-refractivity contribution >= 4 is 10.0 Å². The average molecular weight is 252 g/mol. The quantitative estimate of drug-likeness (QED) is 0.611. The summed E-state index contributed by atoms with van der Waals surface area (Å²) in [7, 11) is -3.04. The van der Waals surface area contributed by atoms with Gasteiger partial charge in [-0.3, -0.25) is 0 Å². The number of hydrogen-bond donors (Lipinski definition) is 2. The van der Waals surface area contributed by atoms with Crippen molar-refractivity contribution in [3.05, 3.63) is 0 Å². The van der Waals surface area contributed by atoms with E-state index in [-0.39, 0.29) is 5.60 Å². The van der Waals surface area contributed by atoms with Gasteiger partial charge in [0.05, 0.1) is 18.5 Å². The van der Waals surface area contributed by atoms with Crippen LogP contribution >= 0.6 is 0 Å². The van der Waals surface area contributed by atoms with Crippen molar-refractivity contribution in [3.8, 4) is 0 Å². The second kappa shape index (κ2) is 7.21. The molecule has 0 aliphatic carbocycles. The zero-order valence-electron chi connectivity index (χ0n) is 10.7. The molecule has 5 nitrogen and oxygen atoms in total. The van der Waals surface area contributed by atoms with Gasteiger partial charge in [0.25, 0.3) is 0 Å². The molecule has 98 valence electrons. The summed E-state index contributed by atoms with van der Waals surface area (Å²) in [5.74, 6) is 0. The summed E-state index contributed by atoms with van der Waals surface area (Å²) in [5.41, 5.74) is -0.0977. The van der Waals surface area contributed by atoms with Crippen molar-refractivity contribution in [2.75, 3.05) is 32.5 Å². The van der Waals surface area contributed by atoms with E-state index in [0.29, 0.717) is 13.2 Å². The van der Waals surface area contributed by atoms with Crippen LogP contribution in [0, 0.1) is 0 Å². The van der Waals surface area contributed by atoms with Crippen molar-refractivity contribution in [3.63, 3.8) is 0 Å². The minimum Gasteiger partial charge on any atom is -0.375 e. The van der Waals surface area contributed by atoms with Gasteiger partial charge in [0.2, 0.25) is 10.0 Å². The van der Waals surface area contributed by atoms with Crippen molar-refractivity contribution in [2.24, 2.45) is 0 Å². The Labute approximate surface area is 99.0 Å². The van der Waals surface area contributed by atoms with Crippen molar-refractivity contribution < 1.29 is 13.2 Å². The van der Waals surface area contributed by atoms with Gasteiger partial charge in [-0.1, -0.05) is 0 Å². The maximum atomic E-state index is 10.7. The highest BCUT2D eigenvalue weighted by Crippen LogP contribution is 2.04. The Morgan fingerprint density at radius 3 is 2.25 bits per heavy atom. The summed E-state index contributed by atoms with van der Waals surface area (Å²) < 4.78 is 29.4. The summed E-state index contributed by atoms with van der Waals surface area (Å²) >= 11 is 0. The second-order valence-corrected chi connectivity index (χ2v) is 6.56. The molecule has 0 saturated carbocycles. The first-order valence-electron chi connectivity index (χ1n) is 5.50. The van der Waals surface area contributed by atoms with Crippen LogP contribution in [0.15, 0.2) is 0 Å². The molecule has 0 aromatic heterocycles. The van der Waals surface area contributed by atoms with Crippen LogP contribution in [-0.2, 0) is 14.8 Å². The van der Waals surface area contributed by atoms with E-state index in [0.717, 1.165) is 25.8 Å². The van der Waals surface area contributed by atoms with Crippen LogP contribution in [0.5, 0.6) is 0 Å². The Kier molecular flexibility index (Phi) is 7.14. The van der Waals surface area contributed by atoms with Gasteiger partial charge >= 0.3 is 0 Å². The maximum absolute atomic E-state index is 10.7. The summed E-state index contributed by atoms with van der Waals surface area (Å²) in [6.07, 6.45) is 1.94. The number of sulfonamides is 1. The van der Waals surface area contributed by atoms with Crippen LogP contribution in [0.25, 0.3) is 0 Å². The molecule has 0 amide bonds. The zero-order chi connectivity index (χ0) is 12.7. The lowest BCUT2D eigenvalue weighted by molar-refractivity contribution is -0.000743. The van der Waals surface area contributed by atoms with Crippen LogP contribution in [-0.4, -0.2) is 46.5 Å². The second-order valence-electron chi connectivity index (χ2n) is 4.73. The molecule has 0 aliphatic heterocycles. The van der Waals surface area contributed by atoms with Gasteiger partial charge in [-0.25, -0.2) is 13.1 Å². The molecule has 2 N–H and O–H groups in total. The molecule has 0 saturated heterocycles. The van der Waals surface area contributed by atoms with E-state index in [1.54, 1.807) is 0 Å². The molecule has 0 aromatic carbocycles. The highest BCUT2D eigenvalue weighted by atomic mass is 32.2. The Bertz CT molecular complexity index is 270. The molecule has 16 heavy (non-hydrogen) atoms. The lowest BCUT2D eigenvalue weighted by Gasteiger charge is -2.19. The van der Waals surface area contributed by atoms with Gasteiger partial charge in [-0.05, 0) is 33.7 Å². The van der Waals surface area contributed by atoms with Crippen LogP contribution < -0.4 is 10.0 Å². The minimum atomic E-state index is -3.04. The van der Waals surface area contributed by atoms with Gasteiger partial charge in [0.15, 0.2) is 0 Å². The van der Waals surface area contributed by atoms with Gasteiger partial charge in [0.1, 0.15) is 0 Å². The highest BCUT2D eigenvalue weighted by Gasteiger charge is 2.08. The molecule has 0 bridgehead atoms. The fraction of sp³-hybridized carbons (Fsp3) is 1.00. The number of rotatable bonds is 8. The molecular weight excluding hydrogens is 228 g/mol. The maximum Gasteiger partial charge on any atom is 0.208 e. The molecule has 0 radical (unpaired) electrons. The number of hydrogen-bond acceptors (Lipinski definition) is 4. The third-order valence-corrected chi connectivity index (χ3v) is 2.44. The Balaban J connectivity index is 3.23. The van der Waals surface area contributed by atoms with Gasteiger partial charge in [-0.15, -0.1) is 0 Å². The van der Waals surface area contributed by atoms with Crippen molar-refractivity contribution in [1.82, 2.24) is 10.0 Å². The lowest BCUT2D eigenvalue weighted by Crippen LogP contribution is -2.29. The van der Waals surface area contributed by atoms with Crippen LogP contribution in [0.2, 0.25) is 0 Å². The molecule has 0 unspecified atom stereocenters. The third-order valence-electron chi connectivity index (χ3n) is 1.71. The first-order chi connectivity index (χ1) is 7.21. The lowest BCUT2D eigenvalue weighted by atomic mass is 10.2. The van der Waals surface area contributed by atoms with E-state index in [9.17, 15) is 8.42 Å². The SMILES string of the molecule is CC(C)(C)OCCNCCCNS(C)(=O)=O. The Hall–Kier alpha value is -0.170. The van der Waals surface area contributed by atoms with E-state index in [2.05, 4.69) is 10.0 Å². The monoisotopic (exact) mass is 252 g/mol. The molecule has 0 spiro atoms. The number of nitrogens with one attached hydrogen (secondary N) is 2. The summed E-state index contributed by atoms with van der Waals surface area (Å²) in [6, 6.07) is 0. The predicted octanol–water partition coefficient (Wildman–Crippen LogP) is 0.330. The number of ether oxygens (including phenoxy) is 1. The van der Waals surface area contributed by atoms with E-state index >= 15 is 0 Å². The van der Waals surface area contributed by atoms with E-state index in [4.69, 9.17) is 4.74 Å². The molecule has 0 rings (SSSR count). The largest absolute Gasteiger partial charge is 0.375 e. The van der Waals surface area contributed by atoms with E-state index < -0.39 is 10.0 Å². The van der Waals surface area contributed by atoms with Gasteiger partial charge in [-0.2, -0.15) is 0 Å². The van der Waals surface area contributed by atoms with Crippen LogP contribution in [0.4, 0.5) is 0 Å².